The zero-order valence-electron chi connectivity index (χ0n) is 16.6. The Hall–Kier alpha value is -3.87. The van der Waals surface area contributed by atoms with Crippen LogP contribution in [0.3, 0.4) is 0 Å². The number of imidazole rings is 1. The minimum Gasteiger partial charge on any atom is -0.497 e. The Morgan fingerprint density at radius 3 is 2.57 bits per heavy atom. The number of rotatable bonds is 6. The molecule has 6 nitrogen and oxygen atoms in total. The molecule has 0 spiro atoms. The predicted molar refractivity (Wildman–Crippen MR) is 113 cm³/mol. The summed E-state index contributed by atoms with van der Waals surface area (Å²) >= 11 is 0. The van der Waals surface area contributed by atoms with Gasteiger partial charge in [-0.25, -0.2) is 14.2 Å². The van der Waals surface area contributed by atoms with E-state index in [0.717, 1.165) is 16.8 Å². The molecule has 0 saturated heterocycles. The Labute approximate surface area is 172 Å². The molecule has 152 valence electrons. The van der Waals surface area contributed by atoms with Crippen molar-refractivity contribution < 1.29 is 18.7 Å². The van der Waals surface area contributed by atoms with Crippen molar-refractivity contribution >= 4 is 28.6 Å². The number of aromatic nitrogens is 2. The average molecular weight is 405 g/mol. The number of hydrogen-bond acceptors (Lipinski definition) is 5. The molecule has 0 unspecified atom stereocenters. The van der Waals surface area contributed by atoms with Gasteiger partial charge in [0, 0.05) is 5.69 Å². The summed E-state index contributed by atoms with van der Waals surface area (Å²) < 4.78 is 25.6. The highest BCUT2D eigenvalue weighted by Gasteiger charge is 2.15. The SMILES string of the molecule is COC(=O)c1ccc2c(c1)nc(Nc1cccc(F)c1)n2Cc1ccc(OC)cc1. The van der Waals surface area contributed by atoms with Gasteiger partial charge in [0.05, 0.1) is 37.4 Å². The van der Waals surface area contributed by atoms with Gasteiger partial charge < -0.3 is 19.4 Å². The molecule has 1 N–H and O–H groups in total. The summed E-state index contributed by atoms with van der Waals surface area (Å²) in [6.45, 7) is 0.524. The van der Waals surface area contributed by atoms with Gasteiger partial charge in [0.2, 0.25) is 5.95 Å². The number of carbonyl (C=O) groups is 1. The maximum atomic E-state index is 13.6. The smallest absolute Gasteiger partial charge is 0.337 e. The molecular weight excluding hydrogens is 385 g/mol. The Bertz CT molecular complexity index is 1200. The van der Waals surface area contributed by atoms with Crippen LogP contribution in [0.5, 0.6) is 5.75 Å². The standard InChI is InChI=1S/C23H20FN3O3/c1-29-19-9-6-15(7-10-19)14-27-21-11-8-16(22(28)30-2)12-20(21)26-23(27)25-18-5-3-4-17(24)13-18/h3-13H,14H2,1-2H3,(H,25,26). The highest BCUT2D eigenvalue weighted by molar-refractivity contribution is 5.94. The molecule has 0 atom stereocenters. The second-order valence-corrected chi connectivity index (χ2v) is 6.70. The van der Waals surface area contributed by atoms with Gasteiger partial charge in [-0.2, -0.15) is 0 Å². The van der Waals surface area contributed by atoms with Crippen LogP contribution in [0.2, 0.25) is 0 Å². The largest absolute Gasteiger partial charge is 0.497 e. The molecule has 3 aromatic carbocycles. The Morgan fingerprint density at radius 2 is 1.87 bits per heavy atom. The van der Waals surface area contributed by atoms with Crippen molar-refractivity contribution in [3.05, 3.63) is 83.7 Å². The summed E-state index contributed by atoms with van der Waals surface area (Å²) in [7, 11) is 2.96. The van der Waals surface area contributed by atoms with E-state index in [-0.39, 0.29) is 5.82 Å². The first-order chi connectivity index (χ1) is 14.6. The quantitative estimate of drug-likeness (QED) is 0.469. The Morgan fingerprint density at radius 1 is 1.07 bits per heavy atom. The lowest BCUT2D eigenvalue weighted by Crippen LogP contribution is -2.05. The van der Waals surface area contributed by atoms with E-state index >= 15 is 0 Å². The molecule has 0 radical (unpaired) electrons. The number of fused-ring (bicyclic) bond motifs is 1. The van der Waals surface area contributed by atoms with E-state index in [0.29, 0.717) is 29.3 Å². The fourth-order valence-electron chi connectivity index (χ4n) is 3.24. The summed E-state index contributed by atoms with van der Waals surface area (Å²) in [6.07, 6.45) is 0. The van der Waals surface area contributed by atoms with Crippen LogP contribution in [-0.2, 0) is 11.3 Å². The number of hydrogen-bond donors (Lipinski definition) is 1. The summed E-state index contributed by atoms with van der Waals surface area (Å²) in [5, 5.41) is 3.18. The van der Waals surface area contributed by atoms with Crippen molar-refractivity contribution in [2.24, 2.45) is 0 Å². The fourth-order valence-corrected chi connectivity index (χ4v) is 3.24. The Balaban J connectivity index is 1.77. The third kappa shape index (κ3) is 3.96. The fraction of sp³-hybridized carbons (Fsp3) is 0.130. The van der Waals surface area contributed by atoms with Crippen LogP contribution >= 0.6 is 0 Å². The second-order valence-electron chi connectivity index (χ2n) is 6.70. The lowest BCUT2D eigenvalue weighted by Gasteiger charge is -2.12. The number of halogens is 1. The van der Waals surface area contributed by atoms with Crippen LogP contribution in [0, 0.1) is 5.82 Å². The zero-order chi connectivity index (χ0) is 21.1. The van der Waals surface area contributed by atoms with E-state index in [1.807, 2.05) is 34.9 Å². The van der Waals surface area contributed by atoms with E-state index in [1.165, 1.54) is 19.2 Å². The maximum absolute atomic E-state index is 13.6. The minimum atomic E-state index is -0.429. The summed E-state index contributed by atoms with van der Waals surface area (Å²) in [5.41, 5.74) is 3.49. The highest BCUT2D eigenvalue weighted by atomic mass is 19.1. The number of ether oxygens (including phenoxy) is 2. The van der Waals surface area contributed by atoms with Gasteiger partial charge in [0.1, 0.15) is 11.6 Å². The topological polar surface area (TPSA) is 65.4 Å². The first-order valence-electron chi connectivity index (χ1n) is 9.31. The lowest BCUT2D eigenvalue weighted by molar-refractivity contribution is 0.0601. The van der Waals surface area contributed by atoms with Crippen LogP contribution in [0.1, 0.15) is 15.9 Å². The van der Waals surface area contributed by atoms with Gasteiger partial charge >= 0.3 is 5.97 Å². The van der Waals surface area contributed by atoms with E-state index in [4.69, 9.17) is 9.47 Å². The molecule has 0 aliphatic heterocycles. The van der Waals surface area contributed by atoms with Crippen molar-refractivity contribution in [2.45, 2.75) is 6.54 Å². The van der Waals surface area contributed by atoms with Crippen molar-refractivity contribution in [2.75, 3.05) is 19.5 Å². The molecule has 0 fully saturated rings. The van der Waals surface area contributed by atoms with Crippen LogP contribution in [0.25, 0.3) is 11.0 Å². The molecule has 1 heterocycles. The van der Waals surface area contributed by atoms with Crippen molar-refractivity contribution in [1.82, 2.24) is 9.55 Å². The number of carbonyl (C=O) groups excluding carboxylic acids is 1. The third-order valence-electron chi connectivity index (χ3n) is 4.75. The molecule has 0 saturated carbocycles. The summed E-state index contributed by atoms with van der Waals surface area (Å²) in [6, 6.07) is 19.1. The minimum absolute atomic E-state index is 0.342. The first kappa shape index (κ1) is 19.4. The molecule has 30 heavy (non-hydrogen) atoms. The molecule has 1 aromatic heterocycles. The number of esters is 1. The number of anilines is 2. The van der Waals surface area contributed by atoms with Crippen molar-refractivity contribution in [3.8, 4) is 5.75 Å². The normalized spacial score (nSPS) is 10.8. The molecule has 7 heteroatoms. The van der Waals surface area contributed by atoms with Gasteiger partial charge in [0.25, 0.3) is 0 Å². The number of methoxy groups -OCH3 is 2. The molecule has 0 aliphatic carbocycles. The zero-order valence-corrected chi connectivity index (χ0v) is 16.6. The van der Waals surface area contributed by atoms with Gasteiger partial charge in [0.15, 0.2) is 0 Å². The van der Waals surface area contributed by atoms with Crippen LogP contribution in [0.4, 0.5) is 16.0 Å². The lowest BCUT2D eigenvalue weighted by atomic mass is 10.2. The van der Waals surface area contributed by atoms with E-state index in [2.05, 4.69) is 10.3 Å². The van der Waals surface area contributed by atoms with Gasteiger partial charge in [-0.1, -0.05) is 18.2 Å². The molecule has 0 bridgehead atoms. The summed E-state index contributed by atoms with van der Waals surface area (Å²) in [5.74, 6) is 0.538. The first-order valence-corrected chi connectivity index (χ1v) is 9.31. The van der Waals surface area contributed by atoms with Crippen molar-refractivity contribution in [3.63, 3.8) is 0 Å². The monoisotopic (exact) mass is 405 g/mol. The molecule has 4 rings (SSSR count). The van der Waals surface area contributed by atoms with Crippen LogP contribution < -0.4 is 10.1 Å². The Kier molecular flexibility index (Phi) is 5.34. The van der Waals surface area contributed by atoms with Gasteiger partial charge in [-0.15, -0.1) is 0 Å². The average Bonchev–Trinajstić information content (AvgIpc) is 3.09. The van der Waals surface area contributed by atoms with Crippen LogP contribution in [-0.4, -0.2) is 29.7 Å². The highest BCUT2D eigenvalue weighted by Crippen LogP contribution is 2.26. The predicted octanol–water partition coefficient (Wildman–Crippen LogP) is 4.76. The van der Waals surface area contributed by atoms with Crippen molar-refractivity contribution in [1.29, 1.82) is 0 Å². The second kappa shape index (κ2) is 8.24. The number of benzene rings is 3. The molecular formula is C23H20FN3O3. The number of nitrogens with one attached hydrogen (secondary N) is 1. The van der Waals surface area contributed by atoms with E-state index in [1.54, 1.807) is 31.4 Å². The van der Waals surface area contributed by atoms with Crippen LogP contribution in [0.15, 0.2) is 66.7 Å². The molecule has 4 aromatic rings. The summed E-state index contributed by atoms with van der Waals surface area (Å²) in [4.78, 5) is 16.5. The van der Waals surface area contributed by atoms with Gasteiger partial charge in [-0.3, -0.25) is 0 Å². The third-order valence-corrected chi connectivity index (χ3v) is 4.75. The molecule has 0 amide bonds. The van der Waals surface area contributed by atoms with E-state index in [9.17, 15) is 9.18 Å². The van der Waals surface area contributed by atoms with E-state index < -0.39 is 5.97 Å². The maximum Gasteiger partial charge on any atom is 0.337 e. The molecule has 0 aliphatic rings. The van der Waals surface area contributed by atoms with Gasteiger partial charge in [-0.05, 0) is 54.1 Å². The number of nitrogens with zero attached hydrogens (tertiary/aromatic N) is 2.